The molecule has 4 heteroatoms. The van der Waals surface area contributed by atoms with E-state index >= 15 is 0 Å². The fourth-order valence-electron chi connectivity index (χ4n) is 1.65. The molecule has 0 fully saturated rings. The number of carbonyl (C=O) groups is 1. The summed E-state index contributed by atoms with van der Waals surface area (Å²) in [6.07, 6.45) is 1.63. The van der Waals surface area contributed by atoms with Crippen molar-refractivity contribution in [3.8, 4) is 0 Å². The van der Waals surface area contributed by atoms with E-state index in [0.29, 0.717) is 6.54 Å². The minimum atomic E-state index is -0.344. The number of amides is 1. The summed E-state index contributed by atoms with van der Waals surface area (Å²) in [6, 6.07) is 5.91. The molecule has 0 bridgehead atoms. The van der Waals surface area contributed by atoms with Gasteiger partial charge in [-0.2, -0.15) is 0 Å². The molecule has 1 aromatic carbocycles. The van der Waals surface area contributed by atoms with Gasteiger partial charge in [0.2, 0.25) is 5.91 Å². The van der Waals surface area contributed by atoms with Gasteiger partial charge in [0, 0.05) is 12.6 Å². The zero-order chi connectivity index (χ0) is 13.5. The van der Waals surface area contributed by atoms with E-state index < -0.39 is 0 Å². The topological polar surface area (TPSA) is 41.1 Å². The van der Waals surface area contributed by atoms with Gasteiger partial charge in [0.05, 0.1) is 6.04 Å². The molecule has 0 aliphatic heterocycles. The second kappa shape index (κ2) is 6.91. The van der Waals surface area contributed by atoms with Crippen LogP contribution in [0.25, 0.3) is 0 Å². The van der Waals surface area contributed by atoms with Crippen molar-refractivity contribution in [2.45, 2.75) is 25.9 Å². The van der Waals surface area contributed by atoms with Crippen molar-refractivity contribution in [1.82, 2.24) is 10.6 Å². The molecule has 0 aromatic heterocycles. The fraction of sp³-hybridized carbons (Fsp3) is 0.357. The largest absolute Gasteiger partial charge is 0.351 e. The van der Waals surface area contributed by atoms with Gasteiger partial charge in [-0.25, -0.2) is 4.39 Å². The summed E-state index contributed by atoms with van der Waals surface area (Å²) in [5, 5.41) is 5.83. The molecule has 0 radical (unpaired) electrons. The van der Waals surface area contributed by atoms with E-state index in [4.69, 9.17) is 0 Å². The van der Waals surface area contributed by atoms with E-state index in [1.54, 1.807) is 19.1 Å². The zero-order valence-electron chi connectivity index (χ0n) is 10.7. The van der Waals surface area contributed by atoms with Crippen LogP contribution >= 0.6 is 0 Å². The van der Waals surface area contributed by atoms with Crippen LogP contribution in [-0.4, -0.2) is 18.5 Å². The van der Waals surface area contributed by atoms with Gasteiger partial charge in [-0.15, -0.1) is 6.58 Å². The molecule has 0 saturated carbocycles. The van der Waals surface area contributed by atoms with Gasteiger partial charge >= 0.3 is 0 Å². The van der Waals surface area contributed by atoms with Gasteiger partial charge in [0.15, 0.2) is 0 Å². The van der Waals surface area contributed by atoms with Gasteiger partial charge < -0.3 is 5.32 Å². The lowest BCUT2D eigenvalue weighted by molar-refractivity contribution is -0.122. The van der Waals surface area contributed by atoms with Crippen LogP contribution in [0.15, 0.2) is 36.9 Å². The average molecular weight is 250 g/mol. The number of nitrogens with one attached hydrogen (secondary N) is 2. The Hall–Kier alpha value is -1.68. The van der Waals surface area contributed by atoms with Crippen molar-refractivity contribution >= 4 is 5.91 Å². The first kappa shape index (κ1) is 14.4. The van der Waals surface area contributed by atoms with E-state index in [1.165, 1.54) is 12.1 Å². The molecule has 0 aliphatic carbocycles. The van der Waals surface area contributed by atoms with E-state index in [1.807, 2.05) is 13.0 Å². The summed E-state index contributed by atoms with van der Waals surface area (Å²) in [7, 11) is 0. The number of benzene rings is 1. The van der Waals surface area contributed by atoms with Crippen molar-refractivity contribution < 1.29 is 9.18 Å². The fourth-order valence-corrected chi connectivity index (χ4v) is 1.65. The molecule has 1 unspecified atom stereocenters. The summed E-state index contributed by atoms with van der Waals surface area (Å²) >= 11 is 0. The lowest BCUT2D eigenvalue weighted by Crippen LogP contribution is -2.43. The predicted molar refractivity (Wildman–Crippen MR) is 70.6 cm³/mol. The highest BCUT2D eigenvalue weighted by Crippen LogP contribution is 2.13. The normalized spacial score (nSPS) is 13.7. The van der Waals surface area contributed by atoms with Crippen LogP contribution in [0.1, 0.15) is 25.5 Å². The molecule has 18 heavy (non-hydrogen) atoms. The third kappa shape index (κ3) is 4.30. The number of rotatable bonds is 6. The Morgan fingerprint density at radius 3 is 2.83 bits per heavy atom. The molecule has 1 rings (SSSR count). The molecule has 2 N–H and O–H groups in total. The molecule has 98 valence electrons. The van der Waals surface area contributed by atoms with Crippen LogP contribution in [0.5, 0.6) is 0 Å². The van der Waals surface area contributed by atoms with Crippen molar-refractivity contribution in [2.24, 2.45) is 0 Å². The van der Waals surface area contributed by atoms with E-state index in [9.17, 15) is 9.18 Å². The predicted octanol–water partition coefficient (Wildman–Crippen LogP) is 2.17. The lowest BCUT2D eigenvalue weighted by atomic mass is 10.1. The molecule has 0 spiro atoms. The smallest absolute Gasteiger partial charge is 0.237 e. The number of hydrogen-bond donors (Lipinski definition) is 2. The average Bonchev–Trinajstić information content (AvgIpc) is 2.35. The van der Waals surface area contributed by atoms with Gasteiger partial charge in [0.1, 0.15) is 5.82 Å². The van der Waals surface area contributed by atoms with Crippen molar-refractivity contribution in [2.75, 3.05) is 6.54 Å². The van der Waals surface area contributed by atoms with Gasteiger partial charge in [-0.3, -0.25) is 10.1 Å². The Balaban J connectivity index is 2.56. The third-order valence-electron chi connectivity index (χ3n) is 2.66. The monoisotopic (exact) mass is 250 g/mol. The summed E-state index contributed by atoms with van der Waals surface area (Å²) in [6.45, 7) is 7.64. The van der Waals surface area contributed by atoms with Crippen LogP contribution in [0.2, 0.25) is 0 Å². The molecule has 3 nitrogen and oxygen atoms in total. The van der Waals surface area contributed by atoms with Crippen LogP contribution in [0, 0.1) is 5.82 Å². The van der Waals surface area contributed by atoms with Crippen LogP contribution in [0.3, 0.4) is 0 Å². The Bertz CT molecular complexity index is 420. The van der Waals surface area contributed by atoms with Crippen molar-refractivity contribution in [3.63, 3.8) is 0 Å². The van der Waals surface area contributed by atoms with Crippen LogP contribution in [-0.2, 0) is 4.79 Å². The maximum Gasteiger partial charge on any atom is 0.237 e. The summed E-state index contributed by atoms with van der Waals surface area (Å²) in [5.41, 5.74) is 0.818. The third-order valence-corrected chi connectivity index (χ3v) is 2.66. The first-order valence-corrected chi connectivity index (χ1v) is 5.94. The highest BCUT2D eigenvalue weighted by atomic mass is 19.1. The summed E-state index contributed by atoms with van der Waals surface area (Å²) in [5.74, 6) is -0.372. The Morgan fingerprint density at radius 2 is 2.22 bits per heavy atom. The van der Waals surface area contributed by atoms with Crippen LogP contribution < -0.4 is 10.6 Å². The molecular formula is C14H19FN2O. The molecular weight excluding hydrogens is 231 g/mol. The first-order valence-electron chi connectivity index (χ1n) is 5.94. The number of carbonyl (C=O) groups excluding carboxylic acids is 1. The lowest BCUT2D eigenvalue weighted by Gasteiger charge is -2.19. The van der Waals surface area contributed by atoms with E-state index in [0.717, 1.165) is 5.56 Å². The number of hydrogen-bond acceptors (Lipinski definition) is 2. The van der Waals surface area contributed by atoms with Crippen LogP contribution in [0.4, 0.5) is 4.39 Å². The summed E-state index contributed by atoms with van der Waals surface area (Å²) < 4.78 is 13.1. The van der Waals surface area contributed by atoms with Gasteiger partial charge in [-0.05, 0) is 31.5 Å². The molecule has 0 aliphatic rings. The van der Waals surface area contributed by atoms with Gasteiger partial charge in [-0.1, -0.05) is 18.2 Å². The van der Waals surface area contributed by atoms with Gasteiger partial charge in [0.25, 0.3) is 0 Å². The molecule has 0 heterocycles. The Kier molecular flexibility index (Phi) is 5.52. The highest BCUT2D eigenvalue weighted by Gasteiger charge is 2.15. The standard InChI is InChI=1S/C14H19FN2O/c1-4-8-16-14(18)11(3)17-10(2)12-6-5-7-13(15)9-12/h4-7,9-11,17H,1,8H2,2-3H3,(H,16,18)/t10-,11?/m0/s1. The Morgan fingerprint density at radius 1 is 1.50 bits per heavy atom. The molecule has 1 aromatic rings. The maximum absolute atomic E-state index is 13.1. The molecule has 2 atom stereocenters. The van der Waals surface area contributed by atoms with Crippen molar-refractivity contribution in [1.29, 1.82) is 0 Å². The van der Waals surface area contributed by atoms with E-state index in [2.05, 4.69) is 17.2 Å². The second-order valence-electron chi connectivity index (χ2n) is 4.20. The number of halogens is 1. The minimum absolute atomic E-state index is 0.0924. The summed E-state index contributed by atoms with van der Waals surface area (Å²) in [4.78, 5) is 11.6. The molecule has 1 amide bonds. The van der Waals surface area contributed by atoms with E-state index in [-0.39, 0.29) is 23.8 Å². The quantitative estimate of drug-likeness (QED) is 0.760. The minimum Gasteiger partial charge on any atom is -0.351 e. The first-order chi connectivity index (χ1) is 8.54. The highest BCUT2D eigenvalue weighted by molar-refractivity contribution is 5.81. The molecule has 0 saturated heterocycles. The second-order valence-corrected chi connectivity index (χ2v) is 4.20. The SMILES string of the molecule is C=CCNC(=O)C(C)N[C@@H](C)c1cccc(F)c1. The zero-order valence-corrected chi connectivity index (χ0v) is 10.7. The Labute approximate surface area is 107 Å². The maximum atomic E-state index is 13.1. The van der Waals surface area contributed by atoms with Crippen molar-refractivity contribution in [3.05, 3.63) is 48.3 Å².